The summed E-state index contributed by atoms with van der Waals surface area (Å²) >= 11 is 0. The van der Waals surface area contributed by atoms with Crippen molar-refractivity contribution in [2.24, 2.45) is 5.92 Å². The van der Waals surface area contributed by atoms with Crippen molar-refractivity contribution in [3.63, 3.8) is 0 Å². The van der Waals surface area contributed by atoms with Crippen LogP contribution >= 0.6 is 0 Å². The summed E-state index contributed by atoms with van der Waals surface area (Å²) in [5.74, 6) is 0.817. The molecule has 5 rings (SSSR count). The lowest BCUT2D eigenvalue weighted by Gasteiger charge is -2.41. The number of aromatic nitrogens is 1. The number of anilines is 1. The largest absolute Gasteiger partial charge is 0.368 e. The standard InChI is InChI=1S/C25H29N3/c1-2-5-19(6-3-1)15-26-16-20-9-11-23(12-10-20)28-14-13-22-18-27-17-21-7-4-8-24(28)25(21)22/h1-8,17-18,20,23,26H,9-16H2. The van der Waals surface area contributed by atoms with E-state index in [0.717, 1.165) is 32.0 Å². The van der Waals surface area contributed by atoms with Crippen molar-refractivity contribution >= 4 is 16.5 Å². The Morgan fingerprint density at radius 3 is 2.64 bits per heavy atom. The van der Waals surface area contributed by atoms with Crippen LogP contribution < -0.4 is 10.2 Å². The summed E-state index contributed by atoms with van der Waals surface area (Å²) in [6.45, 7) is 3.27. The molecule has 3 aromatic rings. The van der Waals surface area contributed by atoms with E-state index in [4.69, 9.17) is 0 Å². The molecule has 1 aromatic heterocycles. The first-order valence-corrected chi connectivity index (χ1v) is 10.8. The summed E-state index contributed by atoms with van der Waals surface area (Å²) in [5.41, 5.74) is 4.24. The van der Waals surface area contributed by atoms with Crippen LogP contribution in [0.4, 0.5) is 5.69 Å². The Labute approximate surface area is 167 Å². The Balaban J connectivity index is 1.20. The van der Waals surface area contributed by atoms with Crippen LogP contribution in [-0.4, -0.2) is 24.1 Å². The van der Waals surface area contributed by atoms with Gasteiger partial charge in [0.25, 0.3) is 0 Å². The van der Waals surface area contributed by atoms with E-state index in [-0.39, 0.29) is 0 Å². The maximum absolute atomic E-state index is 4.43. The molecule has 0 spiro atoms. The Morgan fingerprint density at radius 1 is 0.929 bits per heavy atom. The van der Waals surface area contributed by atoms with Crippen LogP contribution in [-0.2, 0) is 13.0 Å². The van der Waals surface area contributed by atoms with Crippen molar-refractivity contribution in [2.45, 2.75) is 44.7 Å². The fraction of sp³-hybridized carbons (Fsp3) is 0.400. The smallest absolute Gasteiger partial charge is 0.0452 e. The summed E-state index contributed by atoms with van der Waals surface area (Å²) in [4.78, 5) is 7.13. The monoisotopic (exact) mass is 371 g/mol. The van der Waals surface area contributed by atoms with Gasteiger partial charge in [0.1, 0.15) is 0 Å². The lowest BCUT2D eigenvalue weighted by atomic mass is 9.84. The van der Waals surface area contributed by atoms with Crippen LogP contribution in [0, 0.1) is 5.92 Å². The van der Waals surface area contributed by atoms with Crippen molar-refractivity contribution in [1.82, 2.24) is 10.3 Å². The lowest BCUT2D eigenvalue weighted by molar-refractivity contribution is 0.304. The number of pyridine rings is 1. The second-order valence-corrected chi connectivity index (χ2v) is 8.41. The minimum absolute atomic E-state index is 0.692. The molecule has 1 saturated carbocycles. The average molecular weight is 372 g/mol. The maximum atomic E-state index is 4.43. The molecule has 3 heteroatoms. The van der Waals surface area contributed by atoms with Crippen LogP contribution in [0.15, 0.2) is 60.9 Å². The Bertz CT molecular complexity index is 924. The fourth-order valence-electron chi connectivity index (χ4n) is 5.13. The van der Waals surface area contributed by atoms with Gasteiger partial charge in [0, 0.05) is 48.0 Å². The summed E-state index contributed by atoms with van der Waals surface area (Å²) < 4.78 is 0. The van der Waals surface area contributed by atoms with Gasteiger partial charge in [0.15, 0.2) is 0 Å². The summed E-state index contributed by atoms with van der Waals surface area (Å²) in [6.07, 6.45) is 10.5. The number of rotatable bonds is 5. The quantitative estimate of drug-likeness (QED) is 0.688. The molecular weight excluding hydrogens is 342 g/mol. The van der Waals surface area contributed by atoms with Crippen LogP contribution in [0.25, 0.3) is 10.8 Å². The van der Waals surface area contributed by atoms with E-state index < -0.39 is 0 Å². The van der Waals surface area contributed by atoms with E-state index in [1.807, 2.05) is 6.20 Å². The molecule has 1 aliphatic carbocycles. The number of hydrogen-bond donors (Lipinski definition) is 1. The zero-order valence-corrected chi connectivity index (χ0v) is 16.5. The zero-order valence-electron chi connectivity index (χ0n) is 16.5. The highest BCUT2D eigenvalue weighted by molar-refractivity contribution is 5.97. The van der Waals surface area contributed by atoms with E-state index in [9.17, 15) is 0 Å². The molecule has 0 radical (unpaired) electrons. The molecule has 3 nitrogen and oxygen atoms in total. The highest BCUT2D eigenvalue weighted by atomic mass is 15.2. The molecule has 0 bridgehead atoms. The van der Waals surface area contributed by atoms with Crippen molar-refractivity contribution < 1.29 is 0 Å². The van der Waals surface area contributed by atoms with Crippen LogP contribution in [0.3, 0.4) is 0 Å². The summed E-state index contributed by atoms with van der Waals surface area (Å²) in [6, 6.07) is 18.1. The molecule has 0 amide bonds. The SMILES string of the molecule is c1ccc(CNCC2CCC(N3CCc4cncc5cccc3c45)CC2)cc1. The molecule has 28 heavy (non-hydrogen) atoms. The van der Waals surface area contributed by atoms with Gasteiger partial charge in [-0.3, -0.25) is 4.98 Å². The van der Waals surface area contributed by atoms with Gasteiger partial charge in [-0.25, -0.2) is 0 Å². The highest BCUT2D eigenvalue weighted by Crippen LogP contribution is 2.38. The third-order valence-electron chi connectivity index (χ3n) is 6.63. The summed E-state index contributed by atoms with van der Waals surface area (Å²) in [5, 5.41) is 6.40. The van der Waals surface area contributed by atoms with E-state index in [2.05, 4.69) is 69.9 Å². The maximum Gasteiger partial charge on any atom is 0.0452 e. The predicted molar refractivity (Wildman–Crippen MR) is 117 cm³/mol. The minimum Gasteiger partial charge on any atom is -0.368 e. The minimum atomic E-state index is 0.692. The Hall–Kier alpha value is -2.39. The van der Waals surface area contributed by atoms with E-state index in [0.29, 0.717) is 6.04 Å². The third-order valence-corrected chi connectivity index (χ3v) is 6.63. The highest BCUT2D eigenvalue weighted by Gasteiger charge is 2.29. The lowest BCUT2D eigenvalue weighted by Crippen LogP contribution is -2.42. The average Bonchev–Trinajstić information content (AvgIpc) is 2.76. The Kier molecular flexibility index (Phi) is 5.01. The topological polar surface area (TPSA) is 28.2 Å². The number of nitrogens with zero attached hydrogens (tertiary/aromatic N) is 2. The van der Waals surface area contributed by atoms with Gasteiger partial charge in [-0.05, 0) is 61.8 Å². The Morgan fingerprint density at radius 2 is 1.79 bits per heavy atom. The van der Waals surface area contributed by atoms with Crippen molar-refractivity contribution in [1.29, 1.82) is 0 Å². The zero-order chi connectivity index (χ0) is 18.8. The molecule has 2 heterocycles. The third kappa shape index (κ3) is 3.51. The van der Waals surface area contributed by atoms with Gasteiger partial charge in [-0.1, -0.05) is 42.5 Å². The fourth-order valence-corrected chi connectivity index (χ4v) is 5.13. The molecule has 0 unspecified atom stereocenters. The van der Waals surface area contributed by atoms with Crippen LogP contribution in [0.1, 0.15) is 36.8 Å². The summed E-state index contributed by atoms with van der Waals surface area (Å²) in [7, 11) is 0. The van der Waals surface area contributed by atoms with Crippen molar-refractivity contribution in [3.8, 4) is 0 Å². The first-order valence-electron chi connectivity index (χ1n) is 10.8. The van der Waals surface area contributed by atoms with Crippen molar-refractivity contribution in [3.05, 3.63) is 72.1 Å². The number of nitrogens with one attached hydrogen (secondary N) is 1. The van der Waals surface area contributed by atoms with E-state index in [1.165, 1.54) is 53.3 Å². The van der Waals surface area contributed by atoms with Crippen LogP contribution in [0.2, 0.25) is 0 Å². The molecule has 2 aromatic carbocycles. The van der Waals surface area contributed by atoms with Gasteiger partial charge in [0.05, 0.1) is 0 Å². The first-order chi connectivity index (χ1) is 13.9. The van der Waals surface area contributed by atoms with Crippen LogP contribution in [0.5, 0.6) is 0 Å². The normalized spacial score (nSPS) is 21.8. The van der Waals surface area contributed by atoms with Gasteiger partial charge >= 0.3 is 0 Å². The van der Waals surface area contributed by atoms with Gasteiger partial charge in [-0.15, -0.1) is 0 Å². The van der Waals surface area contributed by atoms with Gasteiger partial charge < -0.3 is 10.2 Å². The molecule has 0 saturated heterocycles. The van der Waals surface area contributed by atoms with Crippen molar-refractivity contribution in [2.75, 3.05) is 18.0 Å². The number of hydrogen-bond acceptors (Lipinski definition) is 3. The van der Waals surface area contributed by atoms with E-state index in [1.54, 1.807) is 0 Å². The molecule has 144 valence electrons. The molecule has 0 atom stereocenters. The molecule has 1 fully saturated rings. The molecule has 1 N–H and O–H groups in total. The molecule has 2 aliphatic rings. The first kappa shape index (κ1) is 17.7. The van der Waals surface area contributed by atoms with Gasteiger partial charge in [0.2, 0.25) is 0 Å². The second kappa shape index (κ2) is 7.92. The van der Waals surface area contributed by atoms with E-state index >= 15 is 0 Å². The predicted octanol–water partition coefficient (Wildman–Crippen LogP) is 4.95. The molecule has 1 aliphatic heterocycles. The number of benzene rings is 2. The second-order valence-electron chi connectivity index (χ2n) is 8.41. The van der Waals surface area contributed by atoms with Gasteiger partial charge in [-0.2, -0.15) is 0 Å². The molecular formula is C25H29N3.